The maximum Gasteiger partial charge on any atom is 0.234 e. The minimum absolute atomic E-state index is 0.118. The van der Waals surface area contributed by atoms with Crippen molar-refractivity contribution in [2.24, 2.45) is 0 Å². The monoisotopic (exact) mass is 270 g/mol. The molecule has 0 aliphatic heterocycles. The molecular weight excluding hydrogens is 250 g/mol. The Morgan fingerprint density at radius 2 is 2.11 bits per heavy atom. The first-order valence-corrected chi connectivity index (χ1v) is 6.37. The van der Waals surface area contributed by atoms with Gasteiger partial charge < -0.3 is 5.32 Å². The van der Waals surface area contributed by atoms with Gasteiger partial charge in [0, 0.05) is 18.2 Å². The fraction of sp³-hybridized carbons (Fsp3) is 0.500. The molecule has 5 heteroatoms. The lowest BCUT2D eigenvalue weighted by Crippen LogP contribution is -2.36. The second-order valence-corrected chi connectivity index (χ2v) is 4.61. The SMILES string of the molecule is CCCNC(=O)CN(C)C(C)c1cc(F)ccc1F. The third-order valence-corrected chi connectivity index (χ3v) is 3.03. The Morgan fingerprint density at radius 1 is 1.42 bits per heavy atom. The zero-order chi connectivity index (χ0) is 14.4. The number of nitrogens with zero attached hydrogens (tertiary/aromatic N) is 1. The lowest BCUT2D eigenvalue weighted by molar-refractivity contribution is -0.122. The molecule has 0 heterocycles. The van der Waals surface area contributed by atoms with Gasteiger partial charge in [0.1, 0.15) is 11.6 Å². The molecule has 0 saturated heterocycles. The minimum atomic E-state index is -0.480. The van der Waals surface area contributed by atoms with Crippen molar-refractivity contribution in [1.29, 1.82) is 0 Å². The summed E-state index contributed by atoms with van der Waals surface area (Å²) in [6.07, 6.45) is 0.865. The lowest BCUT2D eigenvalue weighted by atomic mass is 10.1. The Hall–Kier alpha value is -1.49. The van der Waals surface area contributed by atoms with Crippen LogP contribution < -0.4 is 5.32 Å². The Kier molecular flexibility index (Phi) is 5.89. The molecule has 19 heavy (non-hydrogen) atoms. The summed E-state index contributed by atoms with van der Waals surface area (Å²) < 4.78 is 26.8. The van der Waals surface area contributed by atoms with Crippen LogP contribution in [0.3, 0.4) is 0 Å². The van der Waals surface area contributed by atoms with Crippen molar-refractivity contribution in [1.82, 2.24) is 10.2 Å². The second kappa shape index (κ2) is 7.19. The molecule has 3 nitrogen and oxygen atoms in total. The molecule has 1 rings (SSSR count). The van der Waals surface area contributed by atoms with Crippen LogP contribution in [0.25, 0.3) is 0 Å². The molecule has 1 atom stereocenters. The van der Waals surface area contributed by atoms with E-state index in [2.05, 4.69) is 5.32 Å². The molecule has 0 aliphatic carbocycles. The van der Waals surface area contributed by atoms with Crippen LogP contribution in [-0.4, -0.2) is 30.9 Å². The fourth-order valence-corrected chi connectivity index (χ4v) is 1.76. The van der Waals surface area contributed by atoms with Crippen LogP contribution >= 0.6 is 0 Å². The van der Waals surface area contributed by atoms with Gasteiger partial charge in [-0.15, -0.1) is 0 Å². The van der Waals surface area contributed by atoms with Crippen LogP contribution in [0.1, 0.15) is 31.9 Å². The van der Waals surface area contributed by atoms with Crippen LogP contribution in [0, 0.1) is 11.6 Å². The van der Waals surface area contributed by atoms with E-state index < -0.39 is 11.6 Å². The van der Waals surface area contributed by atoms with Crippen molar-refractivity contribution < 1.29 is 13.6 Å². The predicted molar refractivity (Wildman–Crippen MR) is 70.7 cm³/mol. The fourth-order valence-electron chi connectivity index (χ4n) is 1.76. The van der Waals surface area contributed by atoms with Gasteiger partial charge in [0.05, 0.1) is 6.54 Å². The smallest absolute Gasteiger partial charge is 0.234 e. The van der Waals surface area contributed by atoms with E-state index in [0.29, 0.717) is 6.54 Å². The van der Waals surface area contributed by atoms with Gasteiger partial charge in [-0.3, -0.25) is 9.69 Å². The van der Waals surface area contributed by atoms with Crippen LogP contribution in [0.5, 0.6) is 0 Å². The Balaban J connectivity index is 2.68. The minimum Gasteiger partial charge on any atom is -0.355 e. The molecule has 0 aliphatic rings. The number of likely N-dealkylation sites (N-methyl/N-ethyl adjacent to an activating group) is 1. The number of carbonyl (C=O) groups is 1. The number of hydrogen-bond donors (Lipinski definition) is 1. The summed E-state index contributed by atoms with van der Waals surface area (Å²) in [5.74, 6) is -1.06. The van der Waals surface area contributed by atoms with Crippen LogP contribution in [0.4, 0.5) is 8.78 Å². The molecule has 0 aromatic heterocycles. The zero-order valence-corrected chi connectivity index (χ0v) is 11.5. The number of carbonyl (C=O) groups excluding carboxylic acids is 1. The van der Waals surface area contributed by atoms with Crippen LogP contribution in [0.15, 0.2) is 18.2 Å². The van der Waals surface area contributed by atoms with Gasteiger partial charge in [-0.1, -0.05) is 6.92 Å². The highest BCUT2D eigenvalue weighted by molar-refractivity contribution is 5.77. The third-order valence-electron chi connectivity index (χ3n) is 3.03. The van der Waals surface area contributed by atoms with Crippen molar-refractivity contribution in [3.8, 4) is 0 Å². The number of rotatable bonds is 6. The first-order chi connectivity index (χ1) is 8.95. The summed E-state index contributed by atoms with van der Waals surface area (Å²) in [6.45, 7) is 4.48. The molecular formula is C14H20F2N2O. The van der Waals surface area contributed by atoms with Crippen molar-refractivity contribution >= 4 is 5.91 Å². The highest BCUT2D eigenvalue weighted by Crippen LogP contribution is 2.22. The zero-order valence-electron chi connectivity index (χ0n) is 11.5. The van der Waals surface area contributed by atoms with Crippen LogP contribution in [-0.2, 0) is 4.79 Å². The number of benzene rings is 1. The van der Waals surface area contributed by atoms with E-state index in [0.717, 1.165) is 18.6 Å². The maximum absolute atomic E-state index is 13.6. The summed E-state index contributed by atoms with van der Waals surface area (Å²) in [5, 5.41) is 2.75. The van der Waals surface area contributed by atoms with E-state index in [4.69, 9.17) is 0 Å². The molecule has 1 N–H and O–H groups in total. The van der Waals surface area contributed by atoms with Gasteiger partial charge in [0.15, 0.2) is 0 Å². The largest absolute Gasteiger partial charge is 0.355 e. The van der Waals surface area contributed by atoms with E-state index >= 15 is 0 Å². The summed E-state index contributed by atoms with van der Waals surface area (Å²) in [4.78, 5) is 13.3. The molecule has 106 valence electrons. The third kappa shape index (κ3) is 4.59. The molecule has 0 bridgehead atoms. The van der Waals surface area contributed by atoms with Crippen LogP contribution in [0.2, 0.25) is 0 Å². The molecule has 1 amide bonds. The summed E-state index contributed by atoms with van der Waals surface area (Å²) in [6, 6.07) is 2.98. The van der Waals surface area contributed by atoms with Gasteiger partial charge >= 0.3 is 0 Å². The molecule has 1 unspecified atom stereocenters. The van der Waals surface area contributed by atoms with Crippen molar-refractivity contribution in [3.05, 3.63) is 35.4 Å². The molecule has 0 spiro atoms. The lowest BCUT2D eigenvalue weighted by Gasteiger charge is -2.24. The maximum atomic E-state index is 13.6. The first-order valence-electron chi connectivity index (χ1n) is 6.37. The van der Waals surface area contributed by atoms with Crippen molar-refractivity contribution in [2.75, 3.05) is 20.1 Å². The normalized spacial score (nSPS) is 12.5. The number of hydrogen-bond acceptors (Lipinski definition) is 2. The average Bonchev–Trinajstić information content (AvgIpc) is 2.38. The average molecular weight is 270 g/mol. The number of amides is 1. The van der Waals surface area contributed by atoms with E-state index in [1.807, 2.05) is 6.92 Å². The van der Waals surface area contributed by atoms with E-state index in [1.54, 1.807) is 18.9 Å². The summed E-state index contributed by atoms with van der Waals surface area (Å²) >= 11 is 0. The second-order valence-electron chi connectivity index (χ2n) is 4.61. The highest BCUT2D eigenvalue weighted by Gasteiger charge is 2.18. The number of nitrogens with one attached hydrogen (secondary N) is 1. The molecule has 0 saturated carbocycles. The van der Waals surface area contributed by atoms with E-state index in [-0.39, 0.29) is 24.1 Å². The quantitative estimate of drug-likeness (QED) is 0.861. The first kappa shape index (κ1) is 15.6. The number of halogens is 2. The Bertz CT molecular complexity index is 437. The van der Waals surface area contributed by atoms with Gasteiger partial charge in [-0.05, 0) is 38.6 Å². The van der Waals surface area contributed by atoms with Gasteiger partial charge in [-0.2, -0.15) is 0 Å². The predicted octanol–water partition coefficient (Wildman–Crippen LogP) is 2.48. The summed E-state index contributed by atoms with van der Waals surface area (Å²) in [7, 11) is 1.71. The standard InChI is InChI=1S/C14H20F2N2O/c1-4-7-17-14(19)9-18(3)10(2)12-8-11(15)5-6-13(12)16/h5-6,8,10H,4,7,9H2,1-3H3,(H,17,19). The molecule has 1 aromatic carbocycles. The highest BCUT2D eigenvalue weighted by atomic mass is 19.1. The van der Waals surface area contributed by atoms with Gasteiger partial charge in [0.25, 0.3) is 0 Å². The molecule has 0 radical (unpaired) electrons. The van der Waals surface area contributed by atoms with Crippen molar-refractivity contribution in [2.45, 2.75) is 26.3 Å². The molecule has 1 aromatic rings. The summed E-state index contributed by atoms with van der Waals surface area (Å²) in [5.41, 5.74) is 0.255. The van der Waals surface area contributed by atoms with E-state index in [9.17, 15) is 13.6 Å². The van der Waals surface area contributed by atoms with Gasteiger partial charge in [0.2, 0.25) is 5.91 Å². The Labute approximate surface area is 112 Å². The topological polar surface area (TPSA) is 32.3 Å². The van der Waals surface area contributed by atoms with E-state index in [1.165, 1.54) is 6.07 Å². The van der Waals surface area contributed by atoms with Crippen molar-refractivity contribution in [3.63, 3.8) is 0 Å². The van der Waals surface area contributed by atoms with Gasteiger partial charge in [-0.25, -0.2) is 8.78 Å². The molecule has 0 fully saturated rings. The Morgan fingerprint density at radius 3 is 2.74 bits per heavy atom.